The van der Waals surface area contributed by atoms with Gasteiger partial charge in [0, 0.05) is 28.9 Å². The van der Waals surface area contributed by atoms with E-state index < -0.39 is 0 Å². The van der Waals surface area contributed by atoms with Gasteiger partial charge in [0.2, 0.25) is 0 Å². The van der Waals surface area contributed by atoms with Gasteiger partial charge < -0.3 is 9.47 Å². The predicted octanol–water partition coefficient (Wildman–Crippen LogP) is 3.77. The van der Waals surface area contributed by atoms with Crippen molar-refractivity contribution in [2.24, 2.45) is 34.5 Å². The molecule has 4 heteroatoms. The summed E-state index contributed by atoms with van der Waals surface area (Å²) in [4.78, 5) is 24.8. The van der Waals surface area contributed by atoms with Gasteiger partial charge in [-0.25, -0.2) is 9.59 Å². The van der Waals surface area contributed by atoms with Crippen LogP contribution >= 0.6 is 0 Å². The molecule has 0 spiro atoms. The van der Waals surface area contributed by atoms with Crippen LogP contribution < -0.4 is 0 Å². The summed E-state index contributed by atoms with van der Waals surface area (Å²) in [6.07, 6.45) is 4.01. The van der Waals surface area contributed by atoms with Crippen LogP contribution in [-0.2, 0) is 19.1 Å². The average Bonchev–Trinajstić information content (AvgIpc) is 3.20. The summed E-state index contributed by atoms with van der Waals surface area (Å²) in [7, 11) is 2.83. The third-order valence-corrected chi connectivity index (χ3v) is 5.30. The quantitative estimate of drug-likeness (QED) is 0.721. The van der Waals surface area contributed by atoms with Gasteiger partial charge in [-0.2, -0.15) is 0 Å². The summed E-state index contributed by atoms with van der Waals surface area (Å²) in [6, 6.07) is 0. The molecule has 0 heterocycles. The Balaban J connectivity index is 2.57. The fourth-order valence-corrected chi connectivity index (χ4v) is 3.96. The van der Waals surface area contributed by atoms with Crippen LogP contribution in [0.15, 0.2) is 23.3 Å². The van der Waals surface area contributed by atoms with E-state index in [0.29, 0.717) is 11.1 Å². The second-order valence-corrected chi connectivity index (χ2v) is 9.06. The molecular formula is C20H30O4. The van der Waals surface area contributed by atoms with Gasteiger partial charge in [0.1, 0.15) is 0 Å². The van der Waals surface area contributed by atoms with Crippen LogP contribution in [0.1, 0.15) is 41.5 Å². The Hall–Kier alpha value is -1.58. The van der Waals surface area contributed by atoms with Gasteiger partial charge >= 0.3 is 11.9 Å². The molecule has 2 rings (SSSR count). The van der Waals surface area contributed by atoms with Crippen LogP contribution in [0.4, 0.5) is 0 Å². The molecule has 2 unspecified atom stereocenters. The number of methoxy groups -OCH3 is 2. The van der Waals surface area contributed by atoms with Crippen LogP contribution in [-0.4, -0.2) is 26.2 Å². The summed E-state index contributed by atoms with van der Waals surface area (Å²) < 4.78 is 10.1. The van der Waals surface area contributed by atoms with Crippen LogP contribution in [0.2, 0.25) is 0 Å². The molecule has 0 amide bonds. The largest absolute Gasteiger partial charge is 0.466 e. The number of rotatable bonds is 2. The van der Waals surface area contributed by atoms with Crippen molar-refractivity contribution >= 4 is 11.9 Å². The molecule has 2 aliphatic rings. The van der Waals surface area contributed by atoms with Gasteiger partial charge in [-0.1, -0.05) is 53.7 Å². The first-order chi connectivity index (χ1) is 10.9. The lowest BCUT2D eigenvalue weighted by Gasteiger charge is -2.27. The number of hydrogen-bond acceptors (Lipinski definition) is 4. The highest BCUT2D eigenvalue weighted by atomic mass is 16.5. The van der Waals surface area contributed by atoms with E-state index in [9.17, 15) is 9.59 Å². The van der Waals surface area contributed by atoms with E-state index in [1.54, 1.807) is 0 Å². The number of hydrogen-bond donors (Lipinski definition) is 0. The number of carbonyl (C=O) groups is 2. The number of fused-ring (bicyclic) bond motifs is 1. The highest BCUT2D eigenvalue weighted by Gasteiger charge is 2.62. The van der Waals surface area contributed by atoms with Gasteiger partial charge in [0.25, 0.3) is 0 Å². The van der Waals surface area contributed by atoms with Crippen LogP contribution in [0.5, 0.6) is 0 Å². The zero-order valence-corrected chi connectivity index (χ0v) is 16.1. The maximum atomic E-state index is 12.4. The van der Waals surface area contributed by atoms with Crippen molar-refractivity contribution in [1.82, 2.24) is 0 Å². The Kier molecular flexibility index (Phi) is 4.73. The summed E-state index contributed by atoms with van der Waals surface area (Å²) in [5.41, 5.74) is 1.30. The third kappa shape index (κ3) is 3.28. The molecule has 0 aliphatic heterocycles. The predicted molar refractivity (Wildman–Crippen MR) is 93.1 cm³/mol. The second-order valence-electron chi connectivity index (χ2n) is 9.06. The lowest BCUT2D eigenvalue weighted by atomic mass is 9.77. The van der Waals surface area contributed by atoms with Crippen molar-refractivity contribution in [3.8, 4) is 0 Å². The summed E-state index contributed by atoms with van der Waals surface area (Å²) >= 11 is 0. The van der Waals surface area contributed by atoms with Crippen molar-refractivity contribution in [3.05, 3.63) is 23.3 Å². The minimum atomic E-state index is -0.287. The minimum absolute atomic E-state index is 0.00980. The Bertz CT molecular complexity index is 558. The molecule has 2 aliphatic carbocycles. The molecule has 134 valence electrons. The molecule has 0 bridgehead atoms. The van der Waals surface area contributed by atoms with Gasteiger partial charge in [0.15, 0.2) is 0 Å². The molecule has 2 atom stereocenters. The number of allylic oxidation sites excluding steroid dienone is 2. The second kappa shape index (κ2) is 6.05. The summed E-state index contributed by atoms with van der Waals surface area (Å²) in [5.74, 6) is -0.315. The van der Waals surface area contributed by atoms with Crippen molar-refractivity contribution < 1.29 is 19.1 Å². The molecule has 0 aromatic heterocycles. The first kappa shape index (κ1) is 18.8. The van der Waals surface area contributed by atoms with E-state index in [1.807, 2.05) is 12.2 Å². The first-order valence-corrected chi connectivity index (χ1v) is 8.53. The van der Waals surface area contributed by atoms with E-state index >= 15 is 0 Å². The van der Waals surface area contributed by atoms with E-state index in [0.717, 1.165) is 0 Å². The summed E-state index contributed by atoms with van der Waals surface area (Å²) in [5, 5.41) is 0. The van der Waals surface area contributed by atoms with Crippen LogP contribution in [0.25, 0.3) is 0 Å². The Morgan fingerprint density at radius 1 is 0.792 bits per heavy atom. The van der Waals surface area contributed by atoms with E-state index in [-0.39, 0.29) is 46.4 Å². The molecule has 0 radical (unpaired) electrons. The van der Waals surface area contributed by atoms with Crippen molar-refractivity contribution in [1.29, 1.82) is 0 Å². The molecule has 1 fully saturated rings. The maximum Gasteiger partial charge on any atom is 0.333 e. The van der Waals surface area contributed by atoms with Crippen LogP contribution in [0, 0.1) is 34.5 Å². The molecule has 0 N–H and O–H groups in total. The summed E-state index contributed by atoms with van der Waals surface area (Å²) in [6.45, 7) is 12.8. The lowest BCUT2D eigenvalue weighted by Crippen LogP contribution is -2.21. The van der Waals surface area contributed by atoms with E-state index in [1.165, 1.54) is 14.2 Å². The molecule has 0 saturated heterocycles. The zero-order valence-electron chi connectivity index (χ0n) is 16.1. The Labute approximate surface area is 145 Å². The molecular weight excluding hydrogens is 304 g/mol. The van der Waals surface area contributed by atoms with Gasteiger partial charge in [0.05, 0.1) is 14.2 Å². The smallest absolute Gasteiger partial charge is 0.333 e. The van der Waals surface area contributed by atoms with Crippen molar-refractivity contribution in [2.75, 3.05) is 14.2 Å². The fourth-order valence-electron chi connectivity index (χ4n) is 3.96. The average molecular weight is 334 g/mol. The Morgan fingerprint density at radius 3 is 1.42 bits per heavy atom. The molecule has 24 heavy (non-hydrogen) atoms. The van der Waals surface area contributed by atoms with E-state index in [4.69, 9.17) is 9.47 Å². The highest BCUT2D eigenvalue weighted by Crippen LogP contribution is 2.64. The number of ether oxygens (including phenoxy) is 2. The lowest BCUT2D eigenvalue weighted by molar-refractivity contribution is -0.137. The fraction of sp³-hybridized carbons (Fsp3) is 0.700. The van der Waals surface area contributed by atoms with Gasteiger partial charge in [-0.3, -0.25) is 0 Å². The SMILES string of the molecule is COC(=O)C1=CC(C(C)(C)C)C=C(C(=O)OC)C2C1C2C(C)(C)C. The van der Waals surface area contributed by atoms with Gasteiger partial charge in [-0.05, 0) is 16.7 Å². The third-order valence-electron chi connectivity index (χ3n) is 5.30. The molecule has 0 aromatic rings. The topological polar surface area (TPSA) is 52.6 Å². The van der Waals surface area contributed by atoms with E-state index in [2.05, 4.69) is 41.5 Å². The maximum absolute atomic E-state index is 12.4. The first-order valence-electron chi connectivity index (χ1n) is 8.53. The standard InChI is InChI=1S/C20H30O4/c1-19(2,3)11-9-12(17(21)23-7)14-15(16(14)20(4,5)6)13(10-11)18(22)24-8/h9-11,14-16H,1-8H3. The molecule has 0 aromatic carbocycles. The minimum Gasteiger partial charge on any atom is -0.466 e. The highest BCUT2D eigenvalue weighted by molar-refractivity contribution is 5.94. The normalized spacial score (nSPS) is 29.7. The van der Waals surface area contributed by atoms with Gasteiger partial charge in [-0.15, -0.1) is 0 Å². The van der Waals surface area contributed by atoms with Crippen LogP contribution in [0.3, 0.4) is 0 Å². The monoisotopic (exact) mass is 334 g/mol. The number of carbonyl (C=O) groups excluding carboxylic acids is 2. The Morgan fingerprint density at radius 2 is 1.17 bits per heavy atom. The number of esters is 2. The van der Waals surface area contributed by atoms with Crippen molar-refractivity contribution in [2.45, 2.75) is 41.5 Å². The van der Waals surface area contributed by atoms with Crippen molar-refractivity contribution in [3.63, 3.8) is 0 Å². The molecule has 4 nitrogen and oxygen atoms in total. The molecule has 1 saturated carbocycles. The zero-order chi connectivity index (χ0) is 18.4.